The minimum atomic E-state index is 0.206. The fraction of sp³-hybridized carbons (Fsp3) is 0.273. The molecule has 0 aliphatic heterocycles. The number of aliphatic imine (C=N–C) groups is 1. The molecule has 0 fully saturated rings. The second kappa shape index (κ2) is 9.64. The van der Waals surface area contributed by atoms with Gasteiger partial charge in [-0.15, -0.1) is 0 Å². The number of ether oxygens (including phenoxy) is 1. The zero-order valence-electron chi connectivity index (χ0n) is 17.0. The molecule has 0 bridgehead atoms. The maximum Gasteiger partial charge on any atom is 0.194 e. The van der Waals surface area contributed by atoms with E-state index in [2.05, 4.69) is 15.4 Å². The van der Waals surface area contributed by atoms with Crippen molar-refractivity contribution in [3.05, 3.63) is 72.1 Å². The van der Waals surface area contributed by atoms with Crippen LogP contribution in [0.15, 0.2) is 65.9 Å². The van der Waals surface area contributed by atoms with Crippen LogP contribution in [0.25, 0.3) is 5.69 Å². The first-order valence-electron chi connectivity index (χ1n) is 9.55. The van der Waals surface area contributed by atoms with E-state index in [1.54, 1.807) is 25.3 Å². The van der Waals surface area contributed by atoms with Crippen molar-refractivity contribution in [3.8, 4) is 17.2 Å². The van der Waals surface area contributed by atoms with Crippen molar-refractivity contribution in [1.82, 2.24) is 20.0 Å². The normalized spacial score (nSPS) is 11.3. The summed E-state index contributed by atoms with van der Waals surface area (Å²) < 4.78 is 7.10. The number of para-hydroxylation sites is 1. The number of methoxy groups -OCH3 is 1. The summed E-state index contributed by atoms with van der Waals surface area (Å²) in [5, 5.41) is 17.8. The third-order valence-electron chi connectivity index (χ3n) is 4.46. The number of aromatic hydroxyl groups is 1. The molecule has 1 aromatic heterocycles. The van der Waals surface area contributed by atoms with Gasteiger partial charge in [0, 0.05) is 37.5 Å². The molecule has 3 rings (SSSR count). The Morgan fingerprint density at radius 1 is 1.24 bits per heavy atom. The number of nitrogens with one attached hydrogen (secondary N) is 1. The van der Waals surface area contributed by atoms with E-state index >= 15 is 0 Å². The van der Waals surface area contributed by atoms with E-state index in [1.807, 2.05) is 66.3 Å². The molecule has 2 aromatic carbocycles. The summed E-state index contributed by atoms with van der Waals surface area (Å²) >= 11 is 0. The molecule has 0 aliphatic rings. The van der Waals surface area contributed by atoms with Gasteiger partial charge in [-0.3, -0.25) is 0 Å². The van der Waals surface area contributed by atoms with Crippen LogP contribution in [0.5, 0.6) is 11.5 Å². The third-order valence-corrected chi connectivity index (χ3v) is 4.46. The first-order valence-corrected chi connectivity index (χ1v) is 9.55. The Hall–Kier alpha value is -3.48. The first kappa shape index (κ1) is 20.3. The summed E-state index contributed by atoms with van der Waals surface area (Å²) in [4.78, 5) is 6.70. The van der Waals surface area contributed by atoms with Crippen LogP contribution in [-0.2, 0) is 13.1 Å². The maximum atomic E-state index is 10.1. The van der Waals surface area contributed by atoms with Gasteiger partial charge in [0.15, 0.2) is 5.96 Å². The van der Waals surface area contributed by atoms with Crippen LogP contribution in [0.1, 0.15) is 18.1 Å². The van der Waals surface area contributed by atoms with Crippen LogP contribution in [0.2, 0.25) is 0 Å². The van der Waals surface area contributed by atoms with Gasteiger partial charge in [0.1, 0.15) is 11.5 Å². The van der Waals surface area contributed by atoms with Crippen LogP contribution in [0.4, 0.5) is 0 Å². The van der Waals surface area contributed by atoms with Crippen molar-refractivity contribution in [3.63, 3.8) is 0 Å². The van der Waals surface area contributed by atoms with Gasteiger partial charge in [-0.25, -0.2) is 9.67 Å². The Morgan fingerprint density at radius 2 is 2.03 bits per heavy atom. The molecule has 29 heavy (non-hydrogen) atoms. The molecular weight excluding hydrogens is 366 g/mol. The SMILES string of the molecule is CCNC(=NCc1cc(OC)ccc1O)N(C)Cc1cnn(-c2ccccc2)c1. The van der Waals surface area contributed by atoms with E-state index in [-0.39, 0.29) is 5.75 Å². The molecule has 7 nitrogen and oxygen atoms in total. The highest BCUT2D eigenvalue weighted by Crippen LogP contribution is 2.23. The molecule has 0 radical (unpaired) electrons. The molecule has 2 N–H and O–H groups in total. The van der Waals surface area contributed by atoms with Gasteiger partial charge < -0.3 is 20.1 Å². The van der Waals surface area contributed by atoms with Crippen molar-refractivity contribution in [2.24, 2.45) is 4.99 Å². The van der Waals surface area contributed by atoms with Crippen LogP contribution in [0.3, 0.4) is 0 Å². The summed E-state index contributed by atoms with van der Waals surface area (Å²) in [5.74, 6) is 1.65. The predicted octanol–water partition coefficient (Wildman–Crippen LogP) is 3.18. The number of phenolic OH excluding ortho intramolecular Hbond substituents is 1. The molecule has 1 heterocycles. The second-order valence-corrected chi connectivity index (χ2v) is 6.65. The number of hydrogen-bond donors (Lipinski definition) is 2. The zero-order valence-corrected chi connectivity index (χ0v) is 17.0. The molecule has 3 aromatic rings. The van der Waals surface area contributed by atoms with Gasteiger partial charge in [0.2, 0.25) is 0 Å². The average Bonchev–Trinajstić information content (AvgIpc) is 3.21. The van der Waals surface area contributed by atoms with E-state index in [0.29, 0.717) is 24.4 Å². The first-order chi connectivity index (χ1) is 14.1. The van der Waals surface area contributed by atoms with Crippen molar-refractivity contribution >= 4 is 5.96 Å². The van der Waals surface area contributed by atoms with Gasteiger partial charge in [-0.05, 0) is 37.3 Å². The molecule has 0 amide bonds. The largest absolute Gasteiger partial charge is 0.508 e. The number of nitrogens with zero attached hydrogens (tertiary/aromatic N) is 4. The predicted molar refractivity (Wildman–Crippen MR) is 115 cm³/mol. The van der Waals surface area contributed by atoms with Gasteiger partial charge in [-0.2, -0.15) is 5.10 Å². The van der Waals surface area contributed by atoms with Crippen molar-refractivity contribution in [2.45, 2.75) is 20.0 Å². The lowest BCUT2D eigenvalue weighted by molar-refractivity contribution is 0.410. The molecule has 152 valence electrons. The van der Waals surface area contributed by atoms with Crippen LogP contribution in [0, 0.1) is 0 Å². The fourth-order valence-electron chi connectivity index (χ4n) is 2.96. The number of benzene rings is 2. The maximum absolute atomic E-state index is 10.1. The summed E-state index contributed by atoms with van der Waals surface area (Å²) in [6.07, 6.45) is 3.88. The summed E-state index contributed by atoms with van der Waals surface area (Å²) in [7, 11) is 3.58. The molecule has 0 atom stereocenters. The second-order valence-electron chi connectivity index (χ2n) is 6.65. The van der Waals surface area contributed by atoms with Gasteiger partial charge >= 0.3 is 0 Å². The minimum Gasteiger partial charge on any atom is -0.508 e. The highest BCUT2D eigenvalue weighted by atomic mass is 16.5. The minimum absolute atomic E-state index is 0.206. The van der Waals surface area contributed by atoms with Gasteiger partial charge in [0.05, 0.1) is 25.5 Å². The summed E-state index contributed by atoms with van der Waals surface area (Å²) in [6.45, 7) is 3.78. The molecule has 0 spiro atoms. The topological polar surface area (TPSA) is 74.9 Å². The van der Waals surface area contributed by atoms with E-state index in [1.165, 1.54) is 0 Å². The highest BCUT2D eigenvalue weighted by Gasteiger charge is 2.10. The fourth-order valence-corrected chi connectivity index (χ4v) is 2.96. The Labute approximate surface area is 171 Å². The van der Waals surface area contributed by atoms with Crippen molar-refractivity contribution in [1.29, 1.82) is 0 Å². The molecule has 0 saturated heterocycles. The van der Waals surface area contributed by atoms with Crippen LogP contribution >= 0.6 is 0 Å². The van der Waals surface area contributed by atoms with E-state index in [0.717, 1.165) is 23.8 Å². The lowest BCUT2D eigenvalue weighted by Gasteiger charge is -2.21. The number of aromatic nitrogens is 2. The van der Waals surface area contributed by atoms with Crippen molar-refractivity contribution in [2.75, 3.05) is 20.7 Å². The average molecular weight is 393 g/mol. The Bertz CT molecular complexity index is 953. The Morgan fingerprint density at radius 3 is 2.76 bits per heavy atom. The van der Waals surface area contributed by atoms with E-state index < -0.39 is 0 Å². The van der Waals surface area contributed by atoms with Crippen LogP contribution < -0.4 is 10.1 Å². The number of rotatable bonds is 7. The quantitative estimate of drug-likeness (QED) is 0.476. The lowest BCUT2D eigenvalue weighted by Crippen LogP contribution is -2.38. The zero-order chi connectivity index (χ0) is 20.6. The van der Waals surface area contributed by atoms with E-state index in [4.69, 9.17) is 4.74 Å². The monoisotopic (exact) mass is 393 g/mol. The highest BCUT2D eigenvalue weighted by molar-refractivity contribution is 5.79. The molecule has 0 aliphatic carbocycles. The summed E-state index contributed by atoms with van der Waals surface area (Å²) in [6, 6.07) is 15.2. The summed E-state index contributed by atoms with van der Waals surface area (Å²) in [5.41, 5.74) is 2.81. The number of guanidine groups is 1. The third kappa shape index (κ3) is 5.28. The van der Waals surface area contributed by atoms with E-state index in [9.17, 15) is 5.11 Å². The van der Waals surface area contributed by atoms with Crippen LogP contribution in [-0.4, -0.2) is 46.4 Å². The Balaban J connectivity index is 1.72. The van der Waals surface area contributed by atoms with Gasteiger partial charge in [0.25, 0.3) is 0 Å². The molecular formula is C22H27N5O2. The molecule has 0 saturated carbocycles. The molecule has 7 heteroatoms. The smallest absolute Gasteiger partial charge is 0.194 e. The van der Waals surface area contributed by atoms with Gasteiger partial charge in [-0.1, -0.05) is 18.2 Å². The number of hydrogen-bond acceptors (Lipinski definition) is 4. The Kier molecular flexibility index (Phi) is 6.73. The molecule has 0 unspecified atom stereocenters. The number of phenols is 1. The lowest BCUT2D eigenvalue weighted by atomic mass is 10.2. The van der Waals surface area contributed by atoms with Crippen molar-refractivity contribution < 1.29 is 9.84 Å². The standard InChI is InChI=1S/C22H27N5O2/c1-4-23-22(24-14-18-12-20(29-3)10-11-21(18)28)26(2)15-17-13-25-27(16-17)19-8-6-5-7-9-19/h5-13,16,28H,4,14-15H2,1-3H3,(H,23,24).